The number of rotatable bonds is 6. The smallest absolute Gasteiger partial charge is 0.326 e. The van der Waals surface area contributed by atoms with E-state index in [-0.39, 0.29) is 6.42 Å². The molecule has 0 spiro atoms. The van der Waals surface area contributed by atoms with Gasteiger partial charge in [-0.05, 0) is 18.6 Å². The molecule has 7 nitrogen and oxygen atoms in total. The molecule has 1 saturated heterocycles. The van der Waals surface area contributed by atoms with E-state index < -0.39 is 18.0 Å². The zero-order valence-electron chi connectivity index (χ0n) is 11.0. The first kappa shape index (κ1) is 14.7. The van der Waals surface area contributed by atoms with E-state index in [9.17, 15) is 9.59 Å². The molecule has 8 heteroatoms. The molecular weight excluding hydrogens is 280 g/mol. The second kappa shape index (κ2) is 7.18. The number of carbonyl (C=O) groups excluding carboxylic acids is 1. The fraction of sp³-hybridized carbons (Fsp3) is 0.583. The second-order valence-electron chi connectivity index (χ2n) is 4.66. The molecule has 0 saturated carbocycles. The van der Waals surface area contributed by atoms with Crippen LogP contribution in [0, 0.1) is 0 Å². The van der Waals surface area contributed by atoms with Crippen molar-refractivity contribution in [1.29, 1.82) is 0 Å². The number of nitrogens with zero attached hydrogens (tertiary/aromatic N) is 1. The number of carboxylic acid groups (broad SMARTS) is 1. The highest BCUT2D eigenvalue weighted by Gasteiger charge is 2.22. The summed E-state index contributed by atoms with van der Waals surface area (Å²) in [6.07, 6.45) is 5.48. The molecule has 2 amide bonds. The van der Waals surface area contributed by atoms with Crippen LogP contribution in [0.25, 0.3) is 0 Å². The van der Waals surface area contributed by atoms with Crippen LogP contribution in [-0.4, -0.2) is 50.7 Å². The lowest BCUT2D eigenvalue weighted by atomic mass is 10.2. The highest BCUT2D eigenvalue weighted by molar-refractivity contribution is 8.00. The Bertz CT molecular complexity index is 446. The largest absolute Gasteiger partial charge is 0.480 e. The molecule has 1 aliphatic heterocycles. The number of aromatic amines is 1. The third kappa shape index (κ3) is 4.44. The topological polar surface area (TPSA) is 107 Å². The normalized spacial score (nSPS) is 19.5. The molecular formula is C12H18N4O3S. The molecule has 0 bridgehead atoms. The highest BCUT2D eigenvalue weighted by Crippen LogP contribution is 2.25. The quantitative estimate of drug-likeness (QED) is 0.615. The summed E-state index contributed by atoms with van der Waals surface area (Å²) in [5.74, 6) is 0.0657. The third-order valence-corrected chi connectivity index (χ3v) is 4.49. The lowest BCUT2D eigenvalue weighted by Crippen LogP contribution is -2.48. The first-order valence-corrected chi connectivity index (χ1v) is 7.56. The lowest BCUT2D eigenvalue weighted by molar-refractivity contribution is -0.139. The molecule has 2 rings (SSSR count). The maximum atomic E-state index is 11.7. The van der Waals surface area contributed by atoms with Crippen LogP contribution in [0.5, 0.6) is 0 Å². The average Bonchev–Trinajstić information content (AvgIpc) is 3.08. The molecule has 0 aliphatic carbocycles. The minimum atomic E-state index is -1.06. The van der Waals surface area contributed by atoms with Gasteiger partial charge in [0.2, 0.25) is 0 Å². The molecule has 20 heavy (non-hydrogen) atoms. The van der Waals surface area contributed by atoms with Crippen LogP contribution in [0.2, 0.25) is 0 Å². The van der Waals surface area contributed by atoms with Gasteiger partial charge in [0.15, 0.2) is 0 Å². The van der Waals surface area contributed by atoms with Crippen LogP contribution in [0.3, 0.4) is 0 Å². The summed E-state index contributed by atoms with van der Waals surface area (Å²) < 4.78 is 0. The number of hydrogen-bond donors (Lipinski definition) is 4. The average molecular weight is 298 g/mol. The van der Waals surface area contributed by atoms with Gasteiger partial charge >= 0.3 is 12.0 Å². The molecule has 1 aliphatic rings. The van der Waals surface area contributed by atoms with Crippen molar-refractivity contribution in [3.05, 3.63) is 18.2 Å². The number of aliphatic carboxylic acids is 1. The Labute approximate surface area is 120 Å². The lowest BCUT2D eigenvalue weighted by Gasteiger charge is -2.16. The van der Waals surface area contributed by atoms with Gasteiger partial charge < -0.3 is 20.7 Å². The SMILES string of the molecule is O=C(NCC1CCCS1)N[C@H](Cc1cnc[nH]1)C(=O)O. The van der Waals surface area contributed by atoms with E-state index in [2.05, 4.69) is 20.6 Å². The van der Waals surface area contributed by atoms with E-state index in [0.29, 0.717) is 17.5 Å². The van der Waals surface area contributed by atoms with Crippen LogP contribution in [0.1, 0.15) is 18.5 Å². The molecule has 110 valence electrons. The van der Waals surface area contributed by atoms with Gasteiger partial charge in [-0.25, -0.2) is 14.6 Å². The van der Waals surface area contributed by atoms with Crippen molar-refractivity contribution >= 4 is 23.8 Å². The molecule has 1 aromatic rings. The Morgan fingerprint density at radius 3 is 3.05 bits per heavy atom. The summed E-state index contributed by atoms with van der Waals surface area (Å²) in [4.78, 5) is 29.5. The molecule has 2 atom stereocenters. The van der Waals surface area contributed by atoms with Gasteiger partial charge in [-0.2, -0.15) is 11.8 Å². The summed E-state index contributed by atoms with van der Waals surface area (Å²) in [6, 6.07) is -1.41. The van der Waals surface area contributed by atoms with E-state index in [1.54, 1.807) is 6.20 Å². The van der Waals surface area contributed by atoms with Gasteiger partial charge in [-0.15, -0.1) is 0 Å². The number of nitrogens with one attached hydrogen (secondary N) is 3. The molecule has 1 unspecified atom stereocenters. The van der Waals surface area contributed by atoms with Gasteiger partial charge in [-0.1, -0.05) is 0 Å². The minimum absolute atomic E-state index is 0.181. The zero-order chi connectivity index (χ0) is 14.4. The van der Waals surface area contributed by atoms with Crippen molar-refractivity contribution in [2.24, 2.45) is 0 Å². The van der Waals surface area contributed by atoms with Crippen LogP contribution in [0.4, 0.5) is 4.79 Å². The number of carboxylic acids is 1. The number of urea groups is 1. The van der Waals surface area contributed by atoms with Crippen LogP contribution in [-0.2, 0) is 11.2 Å². The highest BCUT2D eigenvalue weighted by atomic mass is 32.2. The maximum Gasteiger partial charge on any atom is 0.326 e. The zero-order valence-corrected chi connectivity index (χ0v) is 11.8. The Kier molecular flexibility index (Phi) is 5.28. The maximum absolute atomic E-state index is 11.7. The van der Waals surface area contributed by atoms with Crippen molar-refractivity contribution in [2.45, 2.75) is 30.6 Å². The van der Waals surface area contributed by atoms with E-state index in [1.165, 1.54) is 12.7 Å². The number of carbonyl (C=O) groups is 2. The van der Waals surface area contributed by atoms with E-state index >= 15 is 0 Å². The Morgan fingerprint density at radius 1 is 1.60 bits per heavy atom. The number of aromatic nitrogens is 2. The van der Waals surface area contributed by atoms with Gasteiger partial charge in [-0.3, -0.25) is 0 Å². The van der Waals surface area contributed by atoms with Crippen LogP contribution < -0.4 is 10.6 Å². The van der Waals surface area contributed by atoms with Gasteiger partial charge in [0.05, 0.1) is 6.33 Å². The van der Waals surface area contributed by atoms with Gasteiger partial charge in [0, 0.05) is 30.1 Å². The number of amides is 2. The Balaban J connectivity index is 1.78. The molecule has 2 heterocycles. The number of thioether (sulfide) groups is 1. The molecule has 4 N–H and O–H groups in total. The molecule has 1 fully saturated rings. The van der Waals surface area contributed by atoms with Crippen molar-refractivity contribution in [3.63, 3.8) is 0 Å². The Hall–Kier alpha value is -1.70. The standard InChI is InChI=1S/C12H18N4O3S/c17-11(18)10(4-8-5-13-7-15-8)16-12(19)14-6-9-2-1-3-20-9/h5,7,9-10H,1-4,6H2,(H,13,15)(H,17,18)(H2,14,16,19)/t9?,10-/m1/s1. The summed E-state index contributed by atoms with van der Waals surface area (Å²) >= 11 is 1.84. The van der Waals surface area contributed by atoms with Crippen LogP contribution >= 0.6 is 11.8 Å². The first-order valence-electron chi connectivity index (χ1n) is 6.51. The van der Waals surface area contributed by atoms with Crippen LogP contribution in [0.15, 0.2) is 12.5 Å². The summed E-state index contributed by atoms with van der Waals surface area (Å²) in [5.41, 5.74) is 0.670. The summed E-state index contributed by atoms with van der Waals surface area (Å²) in [5, 5.41) is 14.8. The molecule has 0 aromatic carbocycles. The predicted molar refractivity (Wildman–Crippen MR) is 75.7 cm³/mol. The predicted octanol–water partition coefficient (Wildman–Crippen LogP) is 0.600. The number of imidazole rings is 1. The monoisotopic (exact) mass is 298 g/mol. The van der Waals surface area contributed by atoms with Crippen molar-refractivity contribution in [2.75, 3.05) is 12.3 Å². The summed E-state index contributed by atoms with van der Waals surface area (Å²) in [7, 11) is 0. The minimum Gasteiger partial charge on any atom is -0.480 e. The first-order chi connectivity index (χ1) is 9.65. The molecule has 1 aromatic heterocycles. The Morgan fingerprint density at radius 2 is 2.45 bits per heavy atom. The third-order valence-electron chi connectivity index (χ3n) is 3.10. The summed E-state index contributed by atoms with van der Waals surface area (Å²) in [6.45, 7) is 0.576. The fourth-order valence-electron chi connectivity index (χ4n) is 2.04. The molecule has 0 radical (unpaired) electrons. The van der Waals surface area contributed by atoms with Crippen molar-refractivity contribution < 1.29 is 14.7 Å². The van der Waals surface area contributed by atoms with Crippen molar-refractivity contribution in [3.8, 4) is 0 Å². The number of hydrogen-bond acceptors (Lipinski definition) is 4. The van der Waals surface area contributed by atoms with Gasteiger partial charge in [0.1, 0.15) is 6.04 Å². The van der Waals surface area contributed by atoms with Crippen molar-refractivity contribution in [1.82, 2.24) is 20.6 Å². The number of H-pyrrole nitrogens is 1. The fourth-order valence-corrected chi connectivity index (χ4v) is 3.24. The second-order valence-corrected chi connectivity index (χ2v) is 6.07. The van der Waals surface area contributed by atoms with E-state index in [0.717, 1.165) is 12.2 Å². The van der Waals surface area contributed by atoms with E-state index in [1.807, 2.05) is 11.8 Å². The van der Waals surface area contributed by atoms with E-state index in [4.69, 9.17) is 5.11 Å². The van der Waals surface area contributed by atoms with Gasteiger partial charge in [0.25, 0.3) is 0 Å².